The van der Waals surface area contributed by atoms with Gasteiger partial charge in [-0.15, -0.1) is 11.8 Å². The number of rotatable bonds is 2. The van der Waals surface area contributed by atoms with Gasteiger partial charge in [0.25, 0.3) is 0 Å². The van der Waals surface area contributed by atoms with Gasteiger partial charge >= 0.3 is 0 Å². The van der Waals surface area contributed by atoms with Crippen molar-refractivity contribution in [3.63, 3.8) is 0 Å². The molecule has 1 aliphatic carbocycles. The van der Waals surface area contributed by atoms with Crippen molar-refractivity contribution < 1.29 is 8.78 Å². The van der Waals surface area contributed by atoms with E-state index < -0.39 is 11.4 Å². The minimum Gasteiger partial charge on any atom is -0.321 e. The number of benzene rings is 1. The first kappa shape index (κ1) is 9.93. The van der Waals surface area contributed by atoms with Crippen LogP contribution >= 0.6 is 11.8 Å². The molecular formula is C10H11F2NS. The van der Waals surface area contributed by atoms with Gasteiger partial charge in [-0.25, -0.2) is 8.78 Å². The number of hydrogen-bond donors (Lipinski definition) is 1. The summed E-state index contributed by atoms with van der Waals surface area (Å²) in [5.74, 6) is -0.777. The molecule has 1 aliphatic rings. The maximum absolute atomic E-state index is 13.7. The largest absolute Gasteiger partial charge is 0.321 e. The predicted octanol–water partition coefficient (Wildman–Crippen LogP) is 2.63. The van der Waals surface area contributed by atoms with Crippen LogP contribution in [0.3, 0.4) is 0 Å². The number of hydrogen-bond acceptors (Lipinski definition) is 2. The van der Waals surface area contributed by atoms with E-state index in [1.807, 2.05) is 0 Å². The van der Waals surface area contributed by atoms with Crippen molar-refractivity contribution in [3.05, 3.63) is 29.3 Å². The van der Waals surface area contributed by atoms with E-state index in [4.69, 9.17) is 5.73 Å². The Labute approximate surface area is 85.7 Å². The van der Waals surface area contributed by atoms with Gasteiger partial charge in [-0.1, -0.05) is 0 Å². The molecule has 1 aromatic carbocycles. The van der Waals surface area contributed by atoms with Gasteiger partial charge in [0.05, 0.1) is 0 Å². The van der Waals surface area contributed by atoms with Crippen molar-refractivity contribution >= 4 is 11.8 Å². The van der Waals surface area contributed by atoms with Crippen LogP contribution < -0.4 is 5.73 Å². The standard InChI is InChI=1S/C10H11F2NS/c1-14-8-5-6(11)4-7(9(8)12)10(13)2-3-10/h4-5H,2-3,13H2,1H3. The zero-order valence-corrected chi connectivity index (χ0v) is 8.63. The average molecular weight is 215 g/mol. The molecule has 4 heteroatoms. The highest BCUT2D eigenvalue weighted by atomic mass is 32.2. The van der Waals surface area contributed by atoms with Crippen molar-refractivity contribution in [1.29, 1.82) is 0 Å². The van der Waals surface area contributed by atoms with Crippen molar-refractivity contribution in [1.82, 2.24) is 0 Å². The third-order valence-corrected chi connectivity index (χ3v) is 3.29. The van der Waals surface area contributed by atoms with Crippen LogP contribution in [0.2, 0.25) is 0 Å². The molecule has 0 unspecified atom stereocenters. The first-order valence-corrected chi connectivity index (χ1v) is 5.62. The van der Waals surface area contributed by atoms with Gasteiger partial charge in [-0.3, -0.25) is 0 Å². The van der Waals surface area contributed by atoms with E-state index in [0.717, 1.165) is 12.8 Å². The van der Waals surface area contributed by atoms with Gasteiger partial charge in [-0.2, -0.15) is 0 Å². The van der Waals surface area contributed by atoms with Crippen LogP contribution in [-0.2, 0) is 5.54 Å². The molecule has 0 aromatic heterocycles. The van der Waals surface area contributed by atoms with E-state index in [0.29, 0.717) is 10.5 Å². The van der Waals surface area contributed by atoms with Crippen LogP contribution in [0.25, 0.3) is 0 Å². The number of thioether (sulfide) groups is 1. The molecule has 0 atom stereocenters. The minimum atomic E-state index is -0.614. The van der Waals surface area contributed by atoms with Crippen molar-refractivity contribution in [3.8, 4) is 0 Å². The third-order valence-electron chi connectivity index (χ3n) is 2.55. The molecule has 1 saturated carbocycles. The highest BCUT2D eigenvalue weighted by Gasteiger charge is 2.42. The Morgan fingerprint density at radius 1 is 1.36 bits per heavy atom. The molecule has 2 N–H and O–H groups in total. The van der Waals surface area contributed by atoms with Gasteiger partial charge in [0, 0.05) is 16.0 Å². The second kappa shape index (κ2) is 3.21. The second-order valence-corrected chi connectivity index (χ2v) is 4.47. The molecule has 0 spiro atoms. The van der Waals surface area contributed by atoms with E-state index in [2.05, 4.69) is 0 Å². The first-order valence-electron chi connectivity index (χ1n) is 4.39. The smallest absolute Gasteiger partial charge is 0.141 e. The van der Waals surface area contributed by atoms with E-state index in [1.54, 1.807) is 6.26 Å². The van der Waals surface area contributed by atoms with Gasteiger partial charge in [0.1, 0.15) is 11.6 Å². The molecular weight excluding hydrogens is 204 g/mol. The zero-order valence-electron chi connectivity index (χ0n) is 7.81. The monoisotopic (exact) mass is 215 g/mol. The summed E-state index contributed by atoms with van der Waals surface area (Å²) in [5, 5.41) is 0. The summed E-state index contributed by atoms with van der Waals surface area (Å²) in [6.45, 7) is 0. The molecule has 0 amide bonds. The van der Waals surface area contributed by atoms with E-state index in [-0.39, 0.29) is 5.82 Å². The van der Waals surface area contributed by atoms with Crippen LogP contribution in [0.1, 0.15) is 18.4 Å². The highest BCUT2D eigenvalue weighted by molar-refractivity contribution is 7.98. The Kier molecular flexibility index (Phi) is 2.27. The Hall–Kier alpha value is -0.610. The van der Waals surface area contributed by atoms with E-state index in [1.165, 1.54) is 23.9 Å². The topological polar surface area (TPSA) is 26.0 Å². The lowest BCUT2D eigenvalue weighted by molar-refractivity contribution is 0.537. The molecule has 1 nitrogen and oxygen atoms in total. The lowest BCUT2D eigenvalue weighted by atomic mass is 10.1. The van der Waals surface area contributed by atoms with Crippen LogP contribution in [0.4, 0.5) is 8.78 Å². The minimum absolute atomic E-state index is 0.321. The maximum Gasteiger partial charge on any atom is 0.141 e. The molecule has 2 rings (SSSR count). The summed E-state index contributed by atoms with van der Waals surface area (Å²) in [7, 11) is 0. The van der Waals surface area contributed by atoms with Crippen LogP contribution in [-0.4, -0.2) is 6.26 Å². The molecule has 0 radical (unpaired) electrons. The Bertz CT molecular complexity index is 375. The molecule has 14 heavy (non-hydrogen) atoms. The molecule has 1 fully saturated rings. The summed E-state index contributed by atoms with van der Waals surface area (Å²) in [5.41, 5.74) is 5.55. The van der Waals surface area contributed by atoms with Crippen LogP contribution in [0.5, 0.6) is 0 Å². The van der Waals surface area contributed by atoms with Gasteiger partial charge in [-0.05, 0) is 31.2 Å². The van der Waals surface area contributed by atoms with Gasteiger partial charge in [0.15, 0.2) is 0 Å². The van der Waals surface area contributed by atoms with Crippen molar-refractivity contribution in [2.45, 2.75) is 23.3 Å². The number of halogens is 2. The normalized spacial score (nSPS) is 18.3. The van der Waals surface area contributed by atoms with Crippen LogP contribution in [0.15, 0.2) is 17.0 Å². The number of nitrogens with two attached hydrogens (primary N) is 1. The SMILES string of the molecule is CSc1cc(F)cc(C2(N)CC2)c1F. The Balaban J connectivity index is 2.54. The molecule has 0 bridgehead atoms. The lowest BCUT2D eigenvalue weighted by Gasteiger charge is -2.12. The Morgan fingerprint density at radius 2 is 2.00 bits per heavy atom. The van der Waals surface area contributed by atoms with E-state index in [9.17, 15) is 8.78 Å². The molecule has 76 valence electrons. The van der Waals surface area contributed by atoms with Crippen molar-refractivity contribution in [2.24, 2.45) is 5.73 Å². The summed E-state index contributed by atoms with van der Waals surface area (Å²) in [6.07, 6.45) is 3.19. The summed E-state index contributed by atoms with van der Waals surface area (Å²) in [6, 6.07) is 2.41. The average Bonchev–Trinajstić information content (AvgIpc) is 2.88. The second-order valence-electron chi connectivity index (χ2n) is 3.63. The third kappa shape index (κ3) is 1.53. The summed E-state index contributed by atoms with van der Waals surface area (Å²) in [4.78, 5) is 0.330. The summed E-state index contributed by atoms with van der Waals surface area (Å²) >= 11 is 1.20. The van der Waals surface area contributed by atoms with Crippen LogP contribution in [0, 0.1) is 11.6 Å². The molecule has 0 heterocycles. The fraction of sp³-hybridized carbons (Fsp3) is 0.400. The molecule has 1 aromatic rings. The molecule has 0 saturated heterocycles. The fourth-order valence-electron chi connectivity index (χ4n) is 1.48. The quantitative estimate of drug-likeness (QED) is 0.767. The fourth-order valence-corrected chi connectivity index (χ4v) is 2.00. The van der Waals surface area contributed by atoms with Crippen molar-refractivity contribution in [2.75, 3.05) is 6.26 Å². The van der Waals surface area contributed by atoms with E-state index >= 15 is 0 Å². The first-order chi connectivity index (χ1) is 6.57. The maximum atomic E-state index is 13.7. The zero-order chi connectivity index (χ0) is 10.3. The lowest BCUT2D eigenvalue weighted by Crippen LogP contribution is -2.21. The van der Waals surface area contributed by atoms with Gasteiger partial charge < -0.3 is 5.73 Å². The van der Waals surface area contributed by atoms with Gasteiger partial charge in [0.2, 0.25) is 0 Å². The summed E-state index contributed by atoms with van der Waals surface area (Å²) < 4.78 is 26.8. The highest BCUT2D eigenvalue weighted by Crippen LogP contribution is 2.45. The molecule has 0 aliphatic heterocycles. The Morgan fingerprint density at radius 3 is 2.50 bits per heavy atom. The predicted molar refractivity (Wildman–Crippen MR) is 53.2 cm³/mol.